The lowest BCUT2D eigenvalue weighted by atomic mass is 10.1. The van der Waals surface area contributed by atoms with Crippen molar-refractivity contribution in [2.45, 2.75) is 44.2 Å². The second kappa shape index (κ2) is 3.94. The van der Waals surface area contributed by atoms with Crippen LogP contribution in [0.4, 0.5) is 0 Å². The Morgan fingerprint density at radius 2 is 1.90 bits per heavy atom. The monoisotopic (exact) mass is 142 g/mol. The summed E-state index contributed by atoms with van der Waals surface area (Å²) in [6.45, 7) is 0. The van der Waals surface area contributed by atoms with E-state index in [9.17, 15) is 0 Å². The molecule has 0 aromatic rings. The molecule has 2 atom stereocenters. The zero-order chi connectivity index (χ0) is 7.40. The van der Waals surface area contributed by atoms with Crippen LogP contribution in [0, 0.1) is 0 Å². The first-order chi connectivity index (χ1) is 4.84. The van der Waals surface area contributed by atoms with Gasteiger partial charge in [-0.25, -0.2) is 0 Å². The zero-order valence-electron chi connectivity index (χ0n) is 6.77. The smallest absolute Gasteiger partial charge is 0.0216 e. The van der Waals surface area contributed by atoms with E-state index >= 15 is 0 Å². The summed E-state index contributed by atoms with van der Waals surface area (Å²) < 4.78 is 0. The van der Waals surface area contributed by atoms with Crippen molar-refractivity contribution in [3.63, 3.8) is 0 Å². The molecule has 2 nitrogen and oxygen atoms in total. The van der Waals surface area contributed by atoms with Gasteiger partial charge in [0, 0.05) is 12.1 Å². The molecule has 0 amide bonds. The van der Waals surface area contributed by atoms with Crippen molar-refractivity contribution < 1.29 is 0 Å². The van der Waals surface area contributed by atoms with Gasteiger partial charge in [-0.05, 0) is 19.9 Å². The first-order valence-electron chi connectivity index (χ1n) is 4.27. The maximum absolute atomic E-state index is 5.93. The van der Waals surface area contributed by atoms with Crippen LogP contribution in [0.3, 0.4) is 0 Å². The minimum absolute atomic E-state index is 0.396. The van der Waals surface area contributed by atoms with Crippen molar-refractivity contribution in [1.82, 2.24) is 5.32 Å². The van der Waals surface area contributed by atoms with Gasteiger partial charge in [-0.1, -0.05) is 19.3 Å². The maximum Gasteiger partial charge on any atom is 0.0216 e. The fourth-order valence-corrected chi connectivity index (χ4v) is 1.69. The molecule has 1 fully saturated rings. The van der Waals surface area contributed by atoms with Crippen LogP contribution in [0.2, 0.25) is 0 Å². The molecular weight excluding hydrogens is 124 g/mol. The highest BCUT2D eigenvalue weighted by Crippen LogP contribution is 2.15. The van der Waals surface area contributed by atoms with Crippen LogP contribution in [0.15, 0.2) is 0 Å². The van der Waals surface area contributed by atoms with Crippen LogP contribution in [0.25, 0.3) is 0 Å². The van der Waals surface area contributed by atoms with Crippen LogP contribution in [0.1, 0.15) is 32.1 Å². The Bertz CT molecular complexity index is 93.3. The summed E-state index contributed by atoms with van der Waals surface area (Å²) in [5, 5.41) is 3.27. The largest absolute Gasteiger partial charge is 0.326 e. The van der Waals surface area contributed by atoms with Crippen LogP contribution < -0.4 is 11.1 Å². The summed E-state index contributed by atoms with van der Waals surface area (Å²) in [5.41, 5.74) is 5.93. The maximum atomic E-state index is 5.93. The molecule has 1 saturated carbocycles. The van der Waals surface area contributed by atoms with Crippen molar-refractivity contribution in [3.8, 4) is 0 Å². The molecule has 2 heteroatoms. The SMILES string of the molecule is CNC1CCCCCC1N. The van der Waals surface area contributed by atoms with Gasteiger partial charge in [0.25, 0.3) is 0 Å². The number of likely N-dealkylation sites (N-methyl/N-ethyl adjacent to an activating group) is 1. The molecule has 0 aromatic heterocycles. The quantitative estimate of drug-likeness (QED) is 0.533. The normalized spacial score (nSPS) is 35.4. The molecule has 0 radical (unpaired) electrons. The van der Waals surface area contributed by atoms with E-state index in [0.717, 1.165) is 0 Å². The zero-order valence-corrected chi connectivity index (χ0v) is 6.77. The van der Waals surface area contributed by atoms with Gasteiger partial charge >= 0.3 is 0 Å². The molecule has 0 aromatic carbocycles. The van der Waals surface area contributed by atoms with Gasteiger partial charge in [0.15, 0.2) is 0 Å². The van der Waals surface area contributed by atoms with Crippen molar-refractivity contribution in [2.75, 3.05) is 7.05 Å². The summed E-state index contributed by atoms with van der Waals surface area (Å²) in [7, 11) is 2.01. The molecule has 0 spiro atoms. The van der Waals surface area contributed by atoms with E-state index in [1.807, 2.05) is 7.05 Å². The first kappa shape index (κ1) is 8.02. The Labute approximate surface area is 63.2 Å². The molecule has 1 aliphatic rings. The van der Waals surface area contributed by atoms with E-state index in [2.05, 4.69) is 5.32 Å². The van der Waals surface area contributed by atoms with Gasteiger partial charge in [0.1, 0.15) is 0 Å². The third kappa shape index (κ3) is 1.96. The van der Waals surface area contributed by atoms with E-state index in [0.29, 0.717) is 12.1 Å². The Morgan fingerprint density at radius 3 is 2.60 bits per heavy atom. The number of hydrogen-bond acceptors (Lipinski definition) is 2. The van der Waals surface area contributed by atoms with Crippen LogP contribution >= 0.6 is 0 Å². The average molecular weight is 142 g/mol. The fraction of sp³-hybridized carbons (Fsp3) is 1.00. The number of hydrogen-bond donors (Lipinski definition) is 2. The van der Waals surface area contributed by atoms with Crippen LogP contribution in [-0.4, -0.2) is 19.1 Å². The molecule has 0 bridgehead atoms. The summed E-state index contributed by atoms with van der Waals surface area (Å²) in [5.74, 6) is 0. The molecule has 3 N–H and O–H groups in total. The highest BCUT2D eigenvalue weighted by molar-refractivity contribution is 4.80. The summed E-state index contributed by atoms with van der Waals surface area (Å²) >= 11 is 0. The highest BCUT2D eigenvalue weighted by atomic mass is 14.9. The van der Waals surface area contributed by atoms with Gasteiger partial charge in [-0.3, -0.25) is 0 Å². The van der Waals surface area contributed by atoms with Gasteiger partial charge in [-0.2, -0.15) is 0 Å². The Balaban J connectivity index is 2.35. The number of nitrogens with two attached hydrogens (primary N) is 1. The third-order valence-corrected chi connectivity index (χ3v) is 2.44. The molecule has 1 rings (SSSR count). The van der Waals surface area contributed by atoms with Gasteiger partial charge in [0.2, 0.25) is 0 Å². The molecular formula is C8H18N2. The summed E-state index contributed by atoms with van der Waals surface area (Å²) in [4.78, 5) is 0. The van der Waals surface area contributed by atoms with E-state index in [-0.39, 0.29) is 0 Å². The van der Waals surface area contributed by atoms with Crippen LogP contribution in [-0.2, 0) is 0 Å². The van der Waals surface area contributed by atoms with Gasteiger partial charge in [0.05, 0.1) is 0 Å². The predicted molar refractivity (Wildman–Crippen MR) is 43.9 cm³/mol. The molecule has 0 saturated heterocycles. The van der Waals surface area contributed by atoms with Crippen molar-refractivity contribution >= 4 is 0 Å². The van der Waals surface area contributed by atoms with E-state index < -0.39 is 0 Å². The lowest BCUT2D eigenvalue weighted by Gasteiger charge is -2.19. The van der Waals surface area contributed by atoms with Gasteiger partial charge in [-0.15, -0.1) is 0 Å². The molecule has 1 aliphatic carbocycles. The molecule has 2 unspecified atom stereocenters. The Hall–Kier alpha value is -0.0800. The third-order valence-electron chi connectivity index (χ3n) is 2.44. The van der Waals surface area contributed by atoms with Crippen LogP contribution in [0.5, 0.6) is 0 Å². The fourth-order valence-electron chi connectivity index (χ4n) is 1.69. The lowest BCUT2D eigenvalue weighted by molar-refractivity contribution is 0.437. The van der Waals surface area contributed by atoms with Crippen molar-refractivity contribution in [1.29, 1.82) is 0 Å². The van der Waals surface area contributed by atoms with E-state index in [1.165, 1.54) is 32.1 Å². The topological polar surface area (TPSA) is 38.0 Å². The van der Waals surface area contributed by atoms with E-state index in [1.54, 1.807) is 0 Å². The molecule has 60 valence electrons. The molecule has 0 aliphatic heterocycles. The second-order valence-electron chi connectivity index (χ2n) is 3.20. The minimum atomic E-state index is 0.396. The Kier molecular flexibility index (Phi) is 3.16. The highest BCUT2D eigenvalue weighted by Gasteiger charge is 2.17. The van der Waals surface area contributed by atoms with Gasteiger partial charge < -0.3 is 11.1 Å². The standard InChI is InChI=1S/C8H18N2/c1-10-8-6-4-2-3-5-7(8)9/h7-8,10H,2-6,9H2,1H3. The second-order valence-corrected chi connectivity index (χ2v) is 3.20. The predicted octanol–water partition coefficient (Wildman–Crippen LogP) is 0.866. The summed E-state index contributed by atoms with van der Waals surface area (Å²) in [6.07, 6.45) is 6.49. The number of rotatable bonds is 1. The minimum Gasteiger partial charge on any atom is -0.326 e. The average Bonchev–Trinajstić information content (AvgIpc) is 2.13. The summed E-state index contributed by atoms with van der Waals surface area (Å²) in [6, 6.07) is 0.968. The number of nitrogens with one attached hydrogen (secondary N) is 1. The lowest BCUT2D eigenvalue weighted by Crippen LogP contribution is -2.42. The first-order valence-corrected chi connectivity index (χ1v) is 4.27. The Morgan fingerprint density at radius 1 is 1.20 bits per heavy atom. The van der Waals surface area contributed by atoms with Crippen molar-refractivity contribution in [3.05, 3.63) is 0 Å². The van der Waals surface area contributed by atoms with Crippen molar-refractivity contribution in [2.24, 2.45) is 5.73 Å². The van der Waals surface area contributed by atoms with E-state index in [4.69, 9.17) is 5.73 Å². The molecule has 10 heavy (non-hydrogen) atoms. The molecule has 0 heterocycles.